The van der Waals surface area contributed by atoms with Gasteiger partial charge >= 0.3 is 0 Å². The molecule has 0 radical (unpaired) electrons. The maximum absolute atomic E-state index is 13.6. The second kappa shape index (κ2) is 8.20. The van der Waals surface area contributed by atoms with Crippen molar-refractivity contribution in [3.05, 3.63) is 83.4 Å². The highest BCUT2D eigenvalue weighted by molar-refractivity contribution is 6.03. The van der Waals surface area contributed by atoms with Crippen molar-refractivity contribution in [3.63, 3.8) is 0 Å². The summed E-state index contributed by atoms with van der Waals surface area (Å²) in [5, 5.41) is 5.83. The molecule has 6 heteroatoms. The van der Waals surface area contributed by atoms with E-state index in [1.165, 1.54) is 12.3 Å². The second-order valence-electron chi connectivity index (χ2n) is 5.86. The third kappa shape index (κ3) is 4.63. The number of amides is 1. The molecule has 0 bridgehead atoms. The van der Waals surface area contributed by atoms with E-state index in [0.29, 0.717) is 30.2 Å². The number of nitrogens with zero attached hydrogens (tertiary/aromatic N) is 2. The van der Waals surface area contributed by atoms with Crippen LogP contribution in [0.2, 0.25) is 0 Å². The van der Waals surface area contributed by atoms with E-state index in [9.17, 15) is 9.18 Å². The molecule has 0 fully saturated rings. The quantitative estimate of drug-likeness (QED) is 0.709. The molecule has 5 nitrogen and oxygen atoms in total. The van der Waals surface area contributed by atoms with Gasteiger partial charge in [-0.05, 0) is 48.7 Å². The fourth-order valence-corrected chi connectivity index (χ4v) is 2.50. The largest absolute Gasteiger partial charge is 0.354 e. The Morgan fingerprint density at radius 3 is 2.77 bits per heavy atom. The minimum atomic E-state index is -0.310. The van der Waals surface area contributed by atoms with Crippen molar-refractivity contribution in [1.82, 2.24) is 9.97 Å². The van der Waals surface area contributed by atoms with Crippen molar-refractivity contribution >= 4 is 17.5 Å². The van der Waals surface area contributed by atoms with Crippen LogP contribution < -0.4 is 10.6 Å². The highest BCUT2D eigenvalue weighted by atomic mass is 19.1. The minimum Gasteiger partial charge on any atom is -0.354 e. The Bertz CT molecular complexity index is 914. The Labute approximate surface area is 151 Å². The van der Waals surface area contributed by atoms with Crippen molar-refractivity contribution < 1.29 is 9.18 Å². The SMILES string of the molecule is Cc1cccc(NC(=O)c2ccnc(NCCc3ccccc3F)n2)c1. The van der Waals surface area contributed by atoms with Crippen LogP contribution in [0, 0.1) is 12.7 Å². The monoisotopic (exact) mass is 350 g/mol. The molecule has 3 aromatic rings. The first kappa shape index (κ1) is 17.5. The van der Waals surface area contributed by atoms with Gasteiger partial charge in [-0.25, -0.2) is 14.4 Å². The van der Waals surface area contributed by atoms with E-state index >= 15 is 0 Å². The minimum absolute atomic E-state index is 0.235. The predicted octanol–water partition coefficient (Wildman–Crippen LogP) is 3.83. The molecule has 3 rings (SSSR count). The Morgan fingerprint density at radius 2 is 1.96 bits per heavy atom. The summed E-state index contributed by atoms with van der Waals surface area (Å²) in [6.07, 6.45) is 2.01. The van der Waals surface area contributed by atoms with Gasteiger partial charge in [-0.15, -0.1) is 0 Å². The smallest absolute Gasteiger partial charge is 0.274 e. The van der Waals surface area contributed by atoms with E-state index in [-0.39, 0.29) is 17.4 Å². The Kier molecular flexibility index (Phi) is 5.53. The number of benzene rings is 2. The van der Waals surface area contributed by atoms with Crippen molar-refractivity contribution in [2.75, 3.05) is 17.2 Å². The van der Waals surface area contributed by atoms with Gasteiger partial charge in [-0.1, -0.05) is 30.3 Å². The number of aromatic nitrogens is 2. The molecular weight excluding hydrogens is 331 g/mol. The molecule has 2 aromatic carbocycles. The molecule has 0 saturated carbocycles. The Balaban J connectivity index is 1.60. The highest BCUT2D eigenvalue weighted by Gasteiger charge is 2.09. The number of carbonyl (C=O) groups excluding carboxylic acids is 1. The molecule has 0 atom stereocenters. The van der Waals surface area contributed by atoms with Gasteiger partial charge in [0.25, 0.3) is 5.91 Å². The van der Waals surface area contributed by atoms with Crippen LogP contribution in [0.1, 0.15) is 21.6 Å². The van der Waals surface area contributed by atoms with Gasteiger partial charge in [0.1, 0.15) is 11.5 Å². The lowest BCUT2D eigenvalue weighted by Gasteiger charge is -2.08. The molecule has 1 amide bonds. The van der Waals surface area contributed by atoms with E-state index in [4.69, 9.17) is 0 Å². The average molecular weight is 350 g/mol. The molecule has 0 spiro atoms. The molecule has 0 aliphatic carbocycles. The number of hydrogen-bond donors (Lipinski definition) is 2. The summed E-state index contributed by atoms with van der Waals surface area (Å²) in [6, 6.07) is 15.7. The third-order valence-electron chi connectivity index (χ3n) is 3.80. The number of rotatable bonds is 6. The van der Waals surface area contributed by atoms with Gasteiger partial charge in [-0.3, -0.25) is 4.79 Å². The number of nitrogens with one attached hydrogen (secondary N) is 2. The molecule has 1 heterocycles. The van der Waals surface area contributed by atoms with E-state index < -0.39 is 0 Å². The van der Waals surface area contributed by atoms with E-state index in [1.807, 2.05) is 31.2 Å². The maximum Gasteiger partial charge on any atom is 0.274 e. The lowest BCUT2D eigenvalue weighted by atomic mass is 10.1. The fourth-order valence-electron chi connectivity index (χ4n) is 2.50. The van der Waals surface area contributed by atoms with Crippen LogP contribution in [0.5, 0.6) is 0 Å². The van der Waals surface area contributed by atoms with Crippen LogP contribution in [0.3, 0.4) is 0 Å². The summed E-state index contributed by atoms with van der Waals surface area (Å²) < 4.78 is 13.6. The van der Waals surface area contributed by atoms with Crippen molar-refractivity contribution in [2.45, 2.75) is 13.3 Å². The predicted molar refractivity (Wildman–Crippen MR) is 99.8 cm³/mol. The highest BCUT2D eigenvalue weighted by Crippen LogP contribution is 2.12. The number of aryl methyl sites for hydroxylation is 1. The van der Waals surface area contributed by atoms with Crippen molar-refractivity contribution in [2.24, 2.45) is 0 Å². The summed E-state index contributed by atoms with van der Waals surface area (Å²) in [5.74, 6) is -0.213. The summed E-state index contributed by atoms with van der Waals surface area (Å²) in [7, 11) is 0. The number of anilines is 2. The standard InChI is InChI=1S/C20H19FN4O/c1-14-5-4-7-16(13-14)24-19(26)18-10-12-23-20(25-18)22-11-9-15-6-2-3-8-17(15)21/h2-8,10,12-13H,9,11H2,1H3,(H,24,26)(H,22,23,25). The van der Waals surface area contributed by atoms with Crippen LogP contribution >= 0.6 is 0 Å². The number of carbonyl (C=O) groups is 1. The number of hydrogen-bond acceptors (Lipinski definition) is 4. The van der Waals surface area contributed by atoms with Crippen molar-refractivity contribution in [3.8, 4) is 0 Å². The molecule has 0 aliphatic heterocycles. The van der Waals surface area contributed by atoms with Crippen LogP contribution in [0.25, 0.3) is 0 Å². The molecule has 1 aromatic heterocycles. The van der Waals surface area contributed by atoms with E-state index in [1.54, 1.807) is 24.3 Å². The molecule has 0 unspecified atom stereocenters. The second-order valence-corrected chi connectivity index (χ2v) is 5.86. The molecular formula is C20H19FN4O. The van der Waals surface area contributed by atoms with Gasteiger partial charge in [0.15, 0.2) is 0 Å². The van der Waals surface area contributed by atoms with Crippen LogP contribution in [0.15, 0.2) is 60.8 Å². The summed E-state index contributed by atoms with van der Waals surface area (Å²) >= 11 is 0. The van der Waals surface area contributed by atoms with E-state index in [2.05, 4.69) is 20.6 Å². The first-order valence-electron chi connectivity index (χ1n) is 8.30. The maximum atomic E-state index is 13.6. The zero-order valence-electron chi connectivity index (χ0n) is 14.4. The molecule has 26 heavy (non-hydrogen) atoms. The van der Waals surface area contributed by atoms with Crippen LogP contribution in [-0.4, -0.2) is 22.4 Å². The Morgan fingerprint density at radius 1 is 1.12 bits per heavy atom. The molecule has 0 aliphatic rings. The Hall–Kier alpha value is -3.28. The molecule has 2 N–H and O–H groups in total. The van der Waals surface area contributed by atoms with E-state index in [0.717, 1.165) is 5.56 Å². The van der Waals surface area contributed by atoms with Gasteiger partial charge < -0.3 is 10.6 Å². The summed E-state index contributed by atoms with van der Waals surface area (Å²) in [4.78, 5) is 20.7. The topological polar surface area (TPSA) is 66.9 Å². The first-order valence-corrected chi connectivity index (χ1v) is 8.30. The van der Waals surface area contributed by atoms with Crippen molar-refractivity contribution in [1.29, 1.82) is 0 Å². The van der Waals surface area contributed by atoms with Gasteiger partial charge in [0.2, 0.25) is 5.95 Å². The van der Waals surface area contributed by atoms with Crippen LogP contribution in [0.4, 0.5) is 16.0 Å². The lowest BCUT2D eigenvalue weighted by molar-refractivity contribution is 0.102. The van der Waals surface area contributed by atoms with Gasteiger partial charge in [-0.2, -0.15) is 0 Å². The lowest BCUT2D eigenvalue weighted by Crippen LogP contribution is -2.16. The zero-order chi connectivity index (χ0) is 18.4. The average Bonchev–Trinajstić information content (AvgIpc) is 2.64. The van der Waals surface area contributed by atoms with Gasteiger partial charge in [0, 0.05) is 18.4 Å². The van der Waals surface area contributed by atoms with Crippen LogP contribution in [-0.2, 0) is 6.42 Å². The van der Waals surface area contributed by atoms with Gasteiger partial charge in [0.05, 0.1) is 0 Å². The third-order valence-corrected chi connectivity index (χ3v) is 3.80. The molecule has 132 valence electrons. The molecule has 0 saturated heterocycles. The fraction of sp³-hybridized carbons (Fsp3) is 0.150. The zero-order valence-corrected chi connectivity index (χ0v) is 14.4. The number of halogens is 1. The first-order chi connectivity index (χ1) is 12.6. The normalized spacial score (nSPS) is 10.4. The summed E-state index contributed by atoms with van der Waals surface area (Å²) in [6.45, 7) is 2.42. The summed E-state index contributed by atoms with van der Waals surface area (Å²) in [5.41, 5.74) is 2.65.